The molecule has 0 atom stereocenters. The van der Waals surface area contributed by atoms with E-state index < -0.39 is 5.37 Å². The lowest BCUT2D eigenvalue weighted by molar-refractivity contribution is 0.221. The molecule has 0 radical (unpaired) electrons. The maximum absolute atomic E-state index is 11.0. The Morgan fingerprint density at radius 3 is 1.96 bits per heavy atom. The van der Waals surface area contributed by atoms with Crippen molar-refractivity contribution in [3.8, 4) is 11.5 Å². The van der Waals surface area contributed by atoms with E-state index in [2.05, 4.69) is 18.3 Å². The van der Waals surface area contributed by atoms with Crippen molar-refractivity contribution in [2.75, 3.05) is 27.3 Å². The summed E-state index contributed by atoms with van der Waals surface area (Å²) in [5.74, 6) is 1.73. The summed E-state index contributed by atoms with van der Waals surface area (Å²) in [6.07, 6.45) is 0. The molecule has 2 aromatic carbocycles. The highest BCUT2D eigenvalue weighted by atomic mass is 35.5. The number of rotatable bonds is 8. The number of ether oxygens (including phenoxy) is 2. The number of benzene rings is 2. The molecule has 0 aliphatic rings. The number of carbonyl (C=O) groups excluding carboxylic acids is 1. The zero-order chi connectivity index (χ0) is 20.1. The van der Waals surface area contributed by atoms with Crippen LogP contribution in [0.1, 0.15) is 25.0 Å². The van der Waals surface area contributed by atoms with Gasteiger partial charge in [-0.1, -0.05) is 43.3 Å². The molecular weight excluding hydrogens is 364 g/mol. The summed E-state index contributed by atoms with van der Waals surface area (Å²) in [6.45, 7) is 6.90. The molecule has 6 heteroatoms. The maximum atomic E-state index is 11.0. The molecule has 1 amide bonds. The zero-order valence-corrected chi connectivity index (χ0v) is 17.3. The summed E-state index contributed by atoms with van der Waals surface area (Å²) in [6, 6.07) is 15.6. The number of amides is 1. The minimum atomic E-state index is -0.441. The topological polar surface area (TPSA) is 50.8 Å². The summed E-state index contributed by atoms with van der Waals surface area (Å²) < 4.78 is 10.4. The van der Waals surface area contributed by atoms with Gasteiger partial charge >= 0.3 is 5.37 Å². The molecule has 27 heavy (non-hydrogen) atoms. The molecule has 0 aromatic heterocycles. The summed E-state index contributed by atoms with van der Waals surface area (Å²) >= 11 is 5.44. The van der Waals surface area contributed by atoms with Crippen LogP contribution in [-0.2, 0) is 13.1 Å². The summed E-state index contributed by atoms with van der Waals surface area (Å²) in [7, 11) is 3.31. The van der Waals surface area contributed by atoms with Crippen molar-refractivity contribution >= 4 is 17.0 Å². The first kappa shape index (κ1) is 22.8. The van der Waals surface area contributed by atoms with Crippen LogP contribution in [-0.4, -0.2) is 37.6 Å². The quantitative estimate of drug-likeness (QED) is 0.523. The van der Waals surface area contributed by atoms with E-state index in [0.717, 1.165) is 30.2 Å². The van der Waals surface area contributed by atoms with E-state index >= 15 is 0 Å². The molecule has 0 heterocycles. The van der Waals surface area contributed by atoms with Gasteiger partial charge in [-0.15, -0.1) is 0 Å². The fourth-order valence-corrected chi connectivity index (χ4v) is 2.63. The third kappa shape index (κ3) is 7.89. The van der Waals surface area contributed by atoms with Crippen molar-refractivity contribution in [2.45, 2.75) is 26.9 Å². The second-order valence-electron chi connectivity index (χ2n) is 5.67. The highest BCUT2D eigenvalue weighted by Gasteiger charge is 2.11. The predicted octanol–water partition coefficient (Wildman–Crippen LogP) is 4.68. The smallest absolute Gasteiger partial charge is 0.316 e. The van der Waals surface area contributed by atoms with Gasteiger partial charge in [0.2, 0.25) is 0 Å². The molecule has 2 rings (SSSR count). The van der Waals surface area contributed by atoms with Crippen molar-refractivity contribution < 1.29 is 14.3 Å². The normalized spacial score (nSPS) is 9.81. The standard InChI is InChI=1S/C11H14ClNO2.C10H15NO/c1-3-13(11(12)14)8-9-6-4-5-7-10(9)15-2;1-3-11-8-9-6-4-5-7-10(9)12-2/h4-7H,3,8H2,1-2H3;4-7,11H,3,8H2,1-2H3. The number of nitrogens with zero attached hydrogens (tertiary/aromatic N) is 1. The Morgan fingerprint density at radius 2 is 1.48 bits per heavy atom. The van der Waals surface area contributed by atoms with Gasteiger partial charge < -0.3 is 19.7 Å². The van der Waals surface area contributed by atoms with E-state index in [1.54, 1.807) is 19.1 Å². The van der Waals surface area contributed by atoms with Gasteiger partial charge in [-0.05, 0) is 37.2 Å². The van der Waals surface area contributed by atoms with Crippen LogP contribution in [0.2, 0.25) is 0 Å². The lowest BCUT2D eigenvalue weighted by atomic mass is 10.2. The van der Waals surface area contributed by atoms with Crippen molar-refractivity contribution in [3.63, 3.8) is 0 Å². The number of hydrogen-bond acceptors (Lipinski definition) is 4. The first-order valence-electron chi connectivity index (χ1n) is 8.96. The van der Waals surface area contributed by atoms with Crippen LogP contribution in [0.4, 0.5) is 4.79 Å². The van der Waals surface area contributed by atoms with Gasteiger partial charge in [0.25, 0.3) is 0 Å². The van der Waals surface area contributed by atoms with E-state index in [1.807, 2.05) is 49.4 Å². The summed E-state index contributed by atoms with van der Waals surface area (Å²) in [5, 5.41) is 2.82. The first-order chi connectivity index (χ1) is 13.1. The number of hydrogen-bond donors (Lipinski definition) is 1. The van der Waals surface area contributed by atoms with Crippen LogP contribution >= 0.6 is 11.6 Å². The lowest BCUT2D eigenvalue weighted by Gasteiger charge is -2.18. The third-order valence-electron chi connectivity index (χ3n) is 3.94. The van der Waals surface area contributed by atoms with E-state index in [-0.39, 0.29) is 0 Å². The Balaban J connectivity index is 0.000000277. The van der Waals surface area contributed by atoms with Crippen molar-refractivity contribution in [1.29, 1.82) is 0 Å². The molecule has 0 bridgehead atoms. The SMILES string of the molecule is CCN(Cc1ccccc1OC)C(=O)Cl.CCNCc1ccccc1OC. The minimum Gasteiger partial charge on any atom is -0.496 e. The molecule has 0 spiro atoms. The monoisotopic (exact) mass is 392 g/mol. The first-order valence-corrected chi connectivity index (χ1v) is 9.34. The molecule has 0 aliphatic carbocycles. The van der Waals surface area contributed by atoms with E-state index in [0.29, 0.717) is 13.1 Å². The van der Waals surface area contributed by atoms with Crippen LogP contribution in [0, 0.1) is 0 Å². The van der Waals surface area contributed by atoms with E-state index in [4.69, 9.17) is 21.1 Å². The number of nitrogens with one attached hydrogen (secondary N) is 1. The molecule has 0 aliphatic heterocycles. The number of methoxy groups -OCH3 is 2. The molecule has 2 aromatic rings. The van der Waals surface area contributed by atoms with E-state index in [9.17, 15) is 4.79 Å². The largest absolute Gasteiger partial charge is 0.496 e. The Bertz CT molecular complexity index is 695. The molecule has 0 saturated heterocycles. The Morgan fingerprint density at radius 1 is 0.963 bits per heavy atom. The molecule has 0 saturated carbocycles. The summed E-state index contributed by atoms with van der Waals surface area (Å²) in [5.41, 5.74) is 2.16. The van der Waals surface area contributed by atoms with Crippen molar-refractivity contribution in [3.05, 3.63) is 59.7 Å². The van der Waals surface area contributed by atoms with Gasteiger partial charge in [0.05, 0.1) is 20.8 Å². The van der Waals surface area contributed by atoms with Crippen LogP contribution in [0.3, 0.4) is 0 Å². The van der Waals surface area contributed by atoms with Crippen molar-refractivity contribution in [1.82, 2.24) is 10.2 Å². The van der Waals surface area contributed by atoms with Gasteiger partial charge in [0.1, 0.15) is 11.5 Å². The summed E-state index contributed by atoms with van der Waals surface area (Å²) in [4.78, 5) is 12.6. The Labute approximate surface area is 167 Å². The molecule has 5 nitrogen and oxygen atoms in total. The second-order valence-corrected chi connectivity index (χ2v) is 5.99. The third-order valence-corrected chi connectivity index (χ3v) is 4.18. The molecule has 0 fully saturated rings. The fraction of sp³-hybridized carbons (Fsp3) is 0.381. The van der Waals surface area contributed by atoms with Crippen LogP contribution in [0.5, 0.6) is 11.5 Å². The van der Waals surface area contributed by atoms with Gasteiger partial charge in [-0.3, -0.25) is 4.79 Å². The number of para-hydroxylation sites is 2. The Hall–Kier alpha value is -2.24. The number of carbonyl (C=O) groups is 1. The van der Waals surface area contributed by atoms with Crippen LogP contribution in [0.15, 0.2) is 48.5 Å². The molecular formula is C21H29ClN2O3. The van der Waals surface area contributed by atoms with E-state index in [1.165, 1.54) is 5.56 Å². The highest BCUT2D eigenvalue weighted by molar-refractivity contribution is 6.62. The predicted molar refractivity (Wildman–Crippen MR) is 111 cm³/mol. The molecule has 148 valence electrons. The number of halogens is 1. The average molecular weight is 393 g/mol. The Kier molecular flexibility index (Phi) is 11.0. The minimum absolute atomic E-state index is 0.441. The lowest BCUT2D eigenvalue weighted by Crippen LogP contribution is -2.25. The van der Waals surface area contributed by atoms with Gasteiger partial charge in [-0.25, -0.2) is 0 Å². The van der Waals surface area contributed by atoms with Gasteiger partial charge in [0, 0.05) is 24.2 Å². The van der Waals surface area contributed by atoms with Crippen LogP contribution in [0.25, 0.3) is 0 Å². The van der Waals surface area contributed by atoms with Crippen molar-refractivity contribution in [2.24, 2.45) is 0 Å². The molecule has 1 N–H and O–H groups in total. The molecule has 0 unspecified atom stereocenters. The average Bonchev–Trinajstić information content (AvgIpc) is 2.71. The zero-order valence-electron chi connectivity index (χ0n) is 16.5. The van der Waals surface area contributed by atoms with Crippen LogP contribution < -0.4 is 14.8 Å². The highest BCUT2D eigenvalue weighted by Crippen LogP contribution is 2.19. The van der Waals surface area contributed by atoms with Gasteiger partial charge in [-0.2, -0.15) is 0 Å². The second kappa shape index (κ2) is 13.0. The van der Waals surface area contributed by atoms with Gasteiger partial charge in [0.15, 0.2) is 0 Å². The maximum Gasteiger partial charge on any atom is 0.316 e. The fourth-order valence-electron chi connectivity index (χ4n) is 2.45.